The Bertz CT molecular complexity index is 762. The Hall–Kier alpha value is -1.67. The van der Waals surface area contributed by atoms with Gasteiger partial charge in [-0.15, -0.1) is 24.0 Å². The molecule has 1 atom stereocenters. The predicted molar refractivity (Wildman–Crippen MR) is 122 cm³/mol. The lowest BCUT2D eigenvalue weighted by Crippen LogP contribution is -2.38. The number of nitrogens with zero attached hydrogens (tertiary/aromatic N) is 2. The maximum Gasteiger partial charge on any atom is 0.191 e. The zero-order valence-electron chi connectivity index (χ0n) is 16.7. The Balaban J connectivity index is 0.00000364. The number of aliphatic imine (C=N–C) groups is 1. The third kappa shape index (κ3) is 7.10. The first-order chi connectivity index (χ1) is 12.4. The molecule has 2 aromatic carbocycles. The molecule has 2 rings (SSSR count). The molecule has 1 unspecified atom stereocenters. The first-order valence-electron chi connectivity index (χ1n) is 8.85. The topological polar surface area (TPSA) is 39.7 Å². The molecule has 6 heteroatoms. The number of nitrogens with one attached hydrogen (secondary N) is 2. The van der Waals surface area contributed by atoms with Crippen molar-refractivity contribution >= 4 is 29.9 Å². The molecule has 0 heterocycles. The molecule has 0 aliphatic heterocycles. The summed E-state index contributed by atoms with van der Waals surface area (Å²) in [7, 11) is 5.86. The molecule has 0 aliphatic rings. The Labute approximate surface area is 179 Å². The Morgan fingerprint density at radius 2 is 1.81 bits per heavy atom. The Kier molecular flexibility index (Phi) is 9.73. The maximum atomic E-state index is 13.8. The molecular weight excluding hydrogens is 454 g/mol. The average Bonchev–Trinajstić information content (AvgIpc) is 2.61. The van der Waals surface area contributed by atoms with Crippen LogP contribution < -0.4 is 10.6 Å². The first-order valence-corrected chi connectivity index (χ1v) is 8.85. The summed E-state index contributed by atoms with van der Waals surface area (Å²) in [4.78, 5) is 6.44. The third-order valence-corrected chi connectivity index (χ3v) is 4.32. The summed E-state index contributed by atoms with van der Waals surface area (Å²) in [6.45, 7) is 5.33. The predicted octanol–water partition coefficient (Wildman–Crippen LogP) is 4.24. The summed E-state index contributed by atoms with van der Waals surface area (Å²) in [6, 6.07) is 13.6. The van der Waals surface area contributed by atoms with Crippen molar-refractivity contribution < 1.29 is 4.39 Å². The highest BCUT2D eigenvalue weighted by Crippen LogP contribution is 2.16. The van der Waals surface area contributed by atoms with Crippen molar-refractivity contribution in [3.05, 3.63) is 70.5 Å². The minimum absolute atomic E-state index is 0. The molecular formula is C21H30FIN4. The van der Waals surface area contributed by atoms with Gasteiger partial charge in [0.05, 0.1) is 6.04 Å². The van der Waals surface area contributed by atoms with Crippen LogP contribution in [0.1, 0.15) is 35.2 Å². The van der Waals surface area contributed by atoms with Gasteiger partial charge in [-0.3, -0.25) is 4.99 Å². The van der Waals surface area contributed by atoms with Crippen LogP contribution in [0.15, 0.2) is 47.5 Å². The number of hydrogen-bond donors (Lipinski definition) is 2. The molecule has 2 aromatic rings. The van der Waals surface area contributed by atoms with E-state index in [1.54, 1.807) is 26.1 Å². The largest absolute Gasteiger partial charge is 0.352 e. The van der Waals surface area contributed by atoms with Crippen LogP contribution in [0.3, 0.4) is 0 Å². The molecule has 2 N–H and O–H groups in total. The molecule has 0 saturated heterocycles. The summed E-state index contributed by atoms with van der Waals surface area (Å²) in [5, 5.41) is 6.67. The van der Waals surface area contributed by atoms with Crippen molar-refractivity contribution in [3.63, 3.8) is 0 Å². The van der Waals surface area contributed by atoms with Gasteiger partial charge < -0.3 is 15.5 Å². The van der Waals surface area contributed by atoms with Gasteiger partial charge in [-0.25, -0.2) is 4.39 Å². The smallest absolute Gasteiger partial charge is 0.191 e. The molecule has 0 bridgehead atoms. The summed E-state index contributed by atoms with van der Waals surface area (Å²) in [5.74, 6) is 0.509. The number of rotatable bonds is 6. The molecule has 0 radical (unpaired) electrons. The molecule has 0 saturated carbocycles. The molecule has 0 spiro atoms. The van der Waals surface area contributed by atoms with Gasteiger partial charge in [0.15, 0.2) is 5.96 Å². The molecule has 0 aliphatic carbocycles. The fourth-order valence-electron chi connectivity index (χ4n) is 2.77. The van der Waals surface area contributed by atoms with Gasteiger partial charge in [0.1, 0.15) is 5.82 Å². The highest BCUT2D eigenvalue weighted by Gasteiger charge is 2.10. The molecule has 4 nitrogen and oxygen atoms in total. The summed E-state index contributed by atoms with van der Waals surface area (Å²) < 4.78 is 13.8. The van der Waals surface area contributed by atoms with Crippen LogP contribution in [0.4, 0.5) is 4.39 Å². The fraction of sp³-hybridized carbons (Fsp3) is 0.381. The molecule has 0 aromatic heterocycles. The Morgan fingerprint density at radius 3 is 2.41 bits per heavy atom. The Morgan fingerprint density at radius 1 is 1.15 bits per heavy atom. The zero-order chi connectivity index (χ0) is 19.1. The summed E-state index contributed by atoms with van der Waals surface area (Å²) in [6.07, 6.45) is 0. The number of halogens is 2. The normalized spacial score (nSPS) is 12.5. The van der Waals surface area contributed by atoms with Crippen molar-refractivity contribution in [2.24, 2.45) is 4.99 Å². The lowest BCUT2D eigenvalue weighted by Gasteiger charge is -2.20. The second-order valence-electron chi connectivity index (χ2n) is 6.81. The minimum atomic E-state index is -0.184. The van der Waals surface area contributed by atoms with Gasteiger partial charge in [-0.05, 0) is 56.3 Å². The molecule has 0 fully saturated rings. The highest BCUT2D eigenvalue weighted by atomic mass is 127. The van der Waals surface area contributed by atoms with Crippen LogP contribution in [0.2, 0.25) is 0 Å². The van der Waals surface area contributed by atoms with Crippen molar-refractivity contribution in [2.75, 3.05) is 21.1 Å². The van der Waals surface area contributed by atoms with E-state index in [-0.39, 0.29) is 35.8 Å². The first kappa shape index (κ1) is 23.4. The second kappa shape index (κ2) is 11.2. The van der Waals surface area contributed by atoms with Crippen LogP contribution in [0.25, 0.3) is 0 Å². The van der Waals surface area contributed by atoms with E-state index in [0.29, 0.717) is 18.1 Å². The van der Waals surface area contributed by atoms with E-state index in [2.05, 4.69) is 52.8 Å². The van der Waals surface area contributed by atoms with Crippen LogP contribution in [-0.2, 0) is 13.1 Å². The van der Waals surface area contributed by atoms with Gasteiger partial charge in [0, 0.05) is 20.1 Å². The lowest BCUT2D eigenvalue weighted by molar-refractivity contribution is 0.400. The van der Waals surface area contributed by atoms with Crippen molar-refractivity contribution in [1.29, 1.82) is 0 Å². The third-order valence-electron chi connectivity index (χ3n) is 4.32. The number of hydrogen-bond acceptors (Lipinski definition) is 2. The van der Waals surface area contributed by atoms with E-state index < -0.39 is 0 Å². The van der Waals surface area contributed by atoms with E-state index in [1.165, 1.54) is 11.1 Å². The lowest BCUT2D eigenvalue weighted by atomic mass is 10.1. The molecule has 0 amide bonds. The van der Waals surface area contributed by atoms with Gasteiger partial charge >= 0.3 is 0 Å². The summed E-state index contributed by atoms with van der Waals surface area (Å²) >= 11 is 0. The maximum absolute atomic E-state index is 13.8. The van der Waals surface area contributed by atoms with Gasteiger partial charge in [0.2, 0.25) is 0 Å². The van der Waals surface area contributed by atoms with Crippen molar-refractivity contribution in [2.45, 2.75) is 33.0 Å². The van der Waals surface area contributed by atoms with Crippen LogP contribution in [0, 0.1) is 12.7 Å². The van der Waals surface area contributed by atoms with E-state index >= 15 is 0 Å². The highest BCUT2D eigenvalue weighted by molar-refractivity contribution is 14.0. The molecule has 27 heavy (non-hydrogen) atoms. The summed E-state index contributed by atoms with van der Waals surface area (Å²) in [5.41, 5.74) is 4.07. The van der Waals surface area contributed by atoms with Crippen LogP contribution >= 0.6 is 24.0 Å². The SMILES string of the molecule is CN=C(NCc1ccccc1CN(C)C)NC(C)c1ccc(C)c(F)c1.I. The van der Waals surface area contributed by atoms with E-state index in [0.717, 1.165) is 12.1 Å². The van der Waals surface area contributed by atoms with E-state index in [1.807, 2.05) is 19.1 Å². The average molecular weight is 484 g/mol. The minimum Gasteiger partial charge on any atom is -0.352 e. The van der Waals surface area contributed by atoms with Crippen LogP contribution in [0.5, 0.6) is 0 Å². The standard InChI is InChI=1S/C21H29FN4.HI/c1-15-10-11-17(12-20(15)22)16(2)25-21(23-3)24-13-18-8-6-7-9-19(18)14-26(4)5;/h6-12,16H,13-14H2,1-5H3,(H2,23,24,25);1H. The van der Waals surface area contributed by atoms with E-state index in [4.69, 9.17) is 0 Å². The molecule has 148 valence electrons. The van der Waals surface area contributed by atoms with Gasteiger partial charge in [0.25, 0.3) is 0 Å². The van der Waals surface area contributed by atoms with Gasteiger partial charge in [-0.2, -0.15) is 0 Å². The quantitative estimate of drug-likeness (QED) is 0.366. The number of benzene rings is 2. The van der Waals surface area contributed by atoms with Crippen LogP contribution in [-0.4, -0.2) is 32.0 Å². The monoisotopic (exact) mass is 484 g/mol. The van der Waals surface area contributed by atoms with Crippen molar-refractivity contribution in [3.8, 4) is 0 Å². The number of guanidine groups is 1. The van der Waals surface area contributed by atoms with Crippen molar-refractivity contribution in [1.82, 2.24) is 15.5 Å². The fourth-order valence-corrected chi connectivity index (χ4v) is 2.77. The zero-order valence-corrected chi connectivity index (χ0v) is 19.0. The van der Waals surface area contributed by atoms with Gasteiger partial charge in [-0.1, -0.05) is 36.4 Å². The second-order valence-corrected chi connectivity index (χ2v) is 6.81. The van der Waals surface area contributed by atoms with E-state index in [9.17, 15) is 4.39 Å². The number of aryl methyl sites for hydroxylation is 1.